The predicted octanol–water partition coefficient (Wildman–Crippen LogP) is 6.13. The molecule has 0 fully saturated rings. The van der Waals surface area contributed by atoms with Gasteiger partial charge in [0.05, 0.1) is 30.1 Å². The van der Waals surface area contributed by atoms with Crippen LogP contribution >= 0.6 is 0 Å². The number of carbonyl (C=O) groups is 1. The van der Waals surface area contributed by atoms with E-state index < -0.39 is 0 Å². The van der Waals surface area contributed by atoms with Crippen molar-refractivity contribution < 1.29 is 9.53 Å². The van der Waals surface area contributed by atoms with Crippen LogP contribution in [0.2, 0.25) is 0 Å². The van der Waals surface area contributed by atoms with E-state index >= 15 is 0 Å². The molecule has 2 rings (SSSR count). The number of pyridine rings is 1. The number of aryl methyl sites for hydroxylation is 2. The van der Waals surface area contributed by atoms with Crippen LogP contribution in [0.4, 0.5) is 5.69 Å². The maximum absolute atomic E-state index is 11.7. The number of aromatic nitrogens is 1. The van der Waals surface area contributed by atoms with Crippen molar-refractivity contribution in [3.63, 3.8) is 0 Å². The van der Waals surface area contributed by atoms with E-state index in [0.717, 1.165) is 42.0 Å². The summed E-state index contributed by atoms with van der Waals surface area (Å²) < 4.78 is 4.91. The Hall–Kier alpha value is -2.40. The second kappa shape index (κ2) is 13.9. The van der Waals surface area contributed by atoms with Crippen LogP contribution in [0.5, 0.6) is 0 Å². The van der Waals surface area contributed by atoms with Gasteiger partial charge in [0.2, 0.25) is 5.91 Å². The van der Waals surface area contributed by atoms with Crippen molar-refractivity contribution in [3.05, 3.63) is 47.3 Å². The molecule has 32 heavy (non-hydrogen) atoms. The molecule has 0 radical (unpaired) electrons. The molecule has 0 bridgehead atoms. The van der Waals surface area contributed by atoms with Gasteiger partial charge < -0.3 is 15.4 Å². The molecule has 0 saturated carbocycles. The summed E-state index contributed by atoms with van der Waals surface area (Å²) in [5.41, 5.74) is 12.4. The molecule has 178 valence electrons. The minimum absolute atomic E-state index is 0.211. The Kier molecular flexibility index (Phi) is 12.0. The topological polar surface area (TPSA) is 68.5 Å². The SMILES string of the molecule is CCCN(C(=O)CCOC)C(C)CC.Cc1cccc(-c2cc(N)c(C)nc2C(C)C)c1. The van der Waals surface area contributed by atoms with Gasteiger partial charge in [-0.05, 0) is 51.2 Å². The minimum Gasteiger partial charge on any atom is -0.397 e. The first-order chi connectivity index (χ1) is 15.2. The van der Waals surface area contributed by atoms with Gasteiger partial charge >= 0.3 is 0 Å². The van der Waals surface area contributed by atoms with Gasteiger partial charge in [0, 0.05) is 25.3 Å². The van der Waals surface area contributed by atoms with Gasteiger partial charge in [-0.15, -0.1) is 0 Å². The smallest absolute Gasteiger partial charge is 0.225 e. The van der Waals surface area contributed by atoms with Gasteiger partial charge in [0.25, 0.3) is 0 Å². The van der Waals surface area contributed by atoms with E-state index in [0.29, 0.717) is 25.0 Å². The molecule has 0 aliphatic heterocycles. The number of methoxy groups -OCH3 is 1. The van der Waals surface area contributed by atoms with Crippen molar-refractivity contribution in [2.75, 3.05) is 26.0 Å². The van der Waals surface area contributed by atoms with E-state index in [1.165, 1.54) is 11.1 Å². The second-order valence-corrected chi connectivity index (χ2v) is 8.71. The Morgan fingerprint density at radius 3 is 2.38 bits per heavy atom. The lowest BCUT2D eigenvalue weighted by Gasteiger charge is -2.28. The number of rotatable bonds is 9. The van der Waals surface area contributed by atoms with Crippen molar-refractivity contribution in [1.82, 2.24) is 9.88 Å². The summed E-state index contributed by atoms with van der Waals surface area (Å²) in [7, 11) is 1.63. The molecule has 5 heteroatoms. The van der Waals surface area contributed by atoms with E-state index in [4.69, 9.17) is 10.5 Å². The van der Waals surface area contributed by atoms with Crippen molar-refractivity contribution in [3.8, 4) is 11.1 Å². The van der Waals surface area contributed by atoms with Crippen LogP contribution in [-0.2, 0) is 9.53 Å². The molecule has 1 unspecified atom stereocenters. The molecule has 0 spiro atoms. The van der Waals surface area contributed by atoms with Crippen LogP contribution in [0.3, 0.4) is 0 Å². The van der Waals surface area contributed by atoms with Gasteiger partial charge in [-0.1, -0.05) is 57.5 Å². The number of anilines is 1. The number of benzene rings is 1. The summed E-state index contributed by atoms with van der Waals surface area (Å²) >= 11 is 0. The Bertz CT molecular complexity index is 849. The first-order valence-electron chi connectivity index (χ1n) is 11.8. The Morgan fingerprint density at radius 2 is 1.84 bits per heavy atom. The molecule has 0 saturated heterocycles. The summed E-state index contributed by atoms with van der Waals surface area (Å²) in [6, 6.07) is 10.9. The van der Waals surface area contributed by atoms with E-state index in [9.17, 15) is 4.79 Å². The van der Waals surface area contributed by atoms with Crippen LogP contribution in [-0.4, -0.2) is 42.1 Å². The van der Waals surface area contributed by atoms with Crippen LogP contribution < -0.4 is 5.73 Å². The fourth-order valence-electron chi connectivity index (χ4n) is 3.51. The molecule has 2 N–H and O–H groups in total. The molecule has 0 aliphatic rings. The number of hydrogen-bond donors (Lipinski definition) is 1. The molecule has 5 nitrogen and oxygen atoms in total. The van der Waals surface area contributed by atoms with E-state index in [2.05, 4.69) is 70.8 Å². The number of nitrogens with two attached hydrogens (primary N) is 1. The fraction of sp³-hybridized carbons (Fsp3) is 0.556. The highest BCUT2D eigenvalue weighted by Crippen LogP contribution is 2.31. The van der Waals surface area contributed by atoms with Crippen LogP contribution in [0.15, 0.2) is 30.3 Å². The fourth-order valence-corrected chi connectivity index (χ4v) is 3.51. The monoisotopic (exact) mass is 441 g/mol. The van der Waals surface area contributed by atoms with Crippen molar-refractivity contribution in [1.29, 1.82) is 0 Å². The van der Waals surface area contributed by atoms with Gasteiger partial charge in [0.15, 0.2) is 0 Å². The lowest BCUT2D eigenvalue weighted by molar-refractivity contribution is -0.134. The highest BCUT2D eigenvalue weighted by atomic mass is 16.5. The van der Waals surface area contributed by atoms with E-state index in [-0.39, 0.29) is 5.91 Å². The number of nitrogens with zero attached hydrogens (tertiary/aromatic N) is 2. The maximum atomic E-state index is 11.7. The maximum Gasteiger partial charge on any atom is 0.225 e. The number of carbonyl (C=O) groups excluding carboxylic acids is 1. The van der Waals surface area contributed by atoms with Gasteiger partial charge in [-0.2, -0.15) is 0 Å². The minimum atomic E-state index is 0.211. The summed E-state index contributed by atoms with van der Waals surface area (Å²) in [5.74, 6) is 0.600. The second-order valence-electron chi connectivity index (χ2n) is 8.71. The largest absolute Gasteiger partial charge is 0.397 e. The van der Waals surface area contributed by atoms with E-state index in [1.54, 1.807) is 7.11 Å². The first kappa shape index (κ1) is 27.6. The summed E-state index contributed by atoms with van der Waals surface area (Å²) in [4.78, 5) is 18.3. The van der Waals surface area contributed by atoms with Gasteiger partial charge in [-0.25, -0.2) is 0 Å². The third kappa shape index (κ3) is 8.27. The lowest BCUT2D eigenvalue weighted by atomic mass is 9.95. The highest BCUT2D eigenvalue weighted by molar-refractivity contribution is 5.76. The molecular formula is C27H43N3O2. The average Bonchev–Trinajstić information content (AvgIpc) is 2.77. The molecule has 1 aromatic carbocycles. The molecule has 1 heterocycles. The number of ether oxygens (including phenoxy) is 1. The van der Waals surface area contributed by atoms with Crippen molar-refractivity contribution >= 4 is 11.6 Å². The van der Waals surface area contributed by atoms with Crippen molar-refractivity contribution in [2.45, 2.75) is 79.7 Å². The summed E-state index contributed by atoms with van der Waals surface area (Å²) in [6.45, 7) is 16.1. The average molecular weight is 442 g/mol. The number of amides is 1. The lowest BCUT2D eigenvalue weighted by Crippen LogP contribution is -2.39. The highest BCUT2D eigenvalue weighted by Gasteiger charge is 2.17. The Labute approximate surface area is 195 Å². The summed E-state index contributed by atoms with van der Waals surface area (Å²) in [5, 5.41) is 0. The molecule has 1 aromatic heterocycles. The molecule has 1 atom stereocenters. The first-order valence-corrected chi connectivity index (χ1v) is 11.8. The zero-order valence-electron chi connectivity index (χ0n) is 21.4. The Balaban J connectivity index is 0.000000333. The third-order valence-electron chi connectivity index (χ3n) is 5.59. The predicted molar refractivity (Wildman–Crippen MR) is 136 cm³/mol. The quantitative estimate of drug-likeness (QED) is 0.508. The summed E-state index contributed by atoms with van der Waals surface area (Å²) in [6.07, 6.45) is 2.53. The van der Waals surface area contributed by atoms with Gasteiger partial charge in [-0.3, -0.25) is 9.78 Å². The molecule has 2 aromatic rings. The number of nitrogen functional groups attached to an aromatic ring is 1. The van der Waals surface area contributed by atoms with Crippen LogP contribution in [0.25, 0.3) is 11.1 Å². The molecule has 1 amide bonds. The van der Waals surface area contributed by atoms with Gasteiger partial charge in [0.1, 0.15) is 0 Å². The van der Waals surface area contributed by atoms with Crippen LogP contribution in [0, 0.1) is 13.8 Å². The van der Waals surface area contributed by atoms with E-state index in [1.807, 2.05) is 17.9 Å². The molecular weight excluding hydrogens is 398 g/mol. The zero-order chi connectivity index (χ0) is 24.3. The standard InChI is InChI=1S/C16H20N2.C11H23NO2/c1-10(2)16-14(9-15(17)12(4)18-16)13-7-5-6-11(3)8-13;1-5-8-12(10(3)6-2)11(13)7-9-14-4/h5-10H,17H2,1-4H3;10H,5-9H2,1-4H3. The zero-order valence-corrected chi connectivity index (χ0v) is 21.4. The molecule has 0 aliphatic carbocycles. The third-order valence-corrected chi connectivity index (χ3v) is 5.59. The Morgan fingerprint density at radius 1 is 1.16 bits per heavy atom. The van der Waals surface area contributed by atoms with Crippen LogP contribution in [0.1, 0.15) is 76.8 Å². The van der Waals surface area contributed by atoms with Crippen molar-refractivity contribution in [2.24, 2.45) is 0 Å². The number of hydrogen-bond acceptors (Lipinski definition) is 4. The normalized spacial score (nSPS) is 11.7.